The highest BCUT2D eigenvalue weighted by molar-refractivity contribution is 7.09. The molecule has 0 spiro atoms. The third-order valence-corrected chi connectivity index (χ3v) is 4.42. The van der Waals surface area contributed by atoms with E-state index in [9.17, 15) is 23.1 Å². The molecule has 0 radical (unpaired) electrons. The van der Waals surface area contributed by atoms with Gasteiger partial charge in [-0.15, -0.1) is 0 Å². The van der Waals surface area contributed by atoms with E-state index in [0.717, 1.165) is 23.8 Å². The monoisotopic (exact) mass is 439 g/mol. The first-order valence-corrected chi connectivity index (χ1v) is 9.37. The quantitative estimate of drug-likeness (QED) is 0.576. The molecular weight excluding hydrogens is 423 g/mol. The number of carbonyl (C=O) groups is 1. The zero-order chi connectivity index (χ0) is 22.1. The molecule has 0 fully saturated rings. The number of nitrogens with zero attached hydrogens (tertiary/aromatic N) is 4. The second-order valence-corrected chi connectivity index (χ2v) is 7.19. The molecule has 8 nitrogen and oxygen atoms in total. The lowest BCUT2D eigenvalue weighted by Gasteiger charge is -2.16. The zero-order valence-electron chi connectivity index (χ0n) is 16.0. The van der Waals surface area contributed by atoms with Crippen LogP contribution in [0.4, 0.5) is 24.1 Å². The molecule has 0 aliphatic heterocycles. The first-order chi connectivity index (χ1) is 14.1. The maximum atomic E-state index is 13.4. The Kier molecular flexibility index (Phi) is 5.87. The van der Waals surface area contributed by atoms with E-state index in [-0.39, 0.29) is 33.8 Å². The fraction of sp³-hybridized carbons (Fsp3) is 0.278. The van der Waals surface area contributed by atoms with Gasteiger partial charge in [0.05, 0.1) is 12.3 Å². The number of nitrogens with one attached hydrogen (secondary N) is 1. The number of pyridine rings is 2. The first kappa shape index (κ1) is 21.4. The lowest BCUT2D eigenvalue weighted by Crippen LogP contribution is -2.13. The van der Waals surface area contributed by atoms with Crippen molar-refractivity contribution in [3.05, 3.63) is 41.2 Å². The van der Waals surface area contributed by atoms with Crippen molar-refractivity contribution in [1.29, 1.82) is 0 Å². The predicted octanol–water partition coefficient (Wildman–Crippen LogP) is 4.55. The summed E-state index contributed by atoms with van der Waals surface area (Å²) >= 11 is 0.836. The molecule has 0 saturated carbocycles. The summed E-state index contributed by atoms with van der Waals surface area (Å²) in [4.78, 5) is 23.5. The van der Waals surface area contributed by atoms with Gasteiger partial charge in [0.2, 0.25) is 5.13 Å². The average Bonchev–Trinajstić information content (AvgIpc) is 3.09. The number of ether oxygens (including phenoxy) is 1. The second-order valence-electron chi connectivity index (χ2n) is 6.43. The number of aromatic carboxylic acids is 1. The summed E-state index contributed by atoms with van der Waals surface area (Å²) in [6, 6.07) is 2.36. The van der Waals surface area contributed by atoms with Gasteiger partial charge in [-0.1, -0.05) is 0 Å². The lowest BCUT2D eigenvalue weighted by molar-refractivity contribution is -0.139. The smallest absolute Gasteiger partial charge is 0.420 e. The highest BCUT2D eigenvalue weighted by Gasteiger charge is 2.36. The van der Waals surface area contributed by atoms with Crippen LogP contribution in [0.25, 0.3) is 11.5 Å². The summed E-state index contributed by atoms with van der Waals surface area (Å²) in [7, 11) is 0. The highest BCUT2D eigenvalue weighted by atomic mass is 32.1. The fourth-order valence-corrected chi connectivity index (χ4v) is 3.11. The van der Waals surface area contributed by atoms with Gasteiger partial charge in [0, 0.05) is 17.7 Å². The molecule has 3 rings (SSSR count). The van der Waals surface area contributed by atoms with E-state index < -0.39 is 23.8 Å². The van der Waals surface area contributed by atoms with E-state index in [1.807, 2.05) is 0 Å². The molecule has 0 saturated heterocycles. The number of alkyl halides is 3. The van der Waals surface area contributed by atoms with Gasteiger partial charge in [0.15, 0.2) is 5.82 Å². The van der Waals surface area contributed by atoms with Crippen molar-refractivity contribution < 1.29 is 27.8 Å². The van der Waals surface area contributed by atoms with Crippen molar-refractivity contribution in [2.45, 2.75) is 33.1 Å². The van der Waals surface area contributed by atoms with E-state index in [2.05, 4.69) is 24.6 Å². The average molecular weight is 439 g/mol. The minimum Gasteiger partial charge on any atom is -0.489 e. The Morgan fingerprint density at radius 2 is 2.03 bits per heavy atom. The van der Waals surface area contributed by atoms with E-state index in [1.165, 1.54) is 6.20 Å². The molecule has 12 heteroatoms. The minimum atomic E-state index is -4.65. The number of aryl methyl sites for hydroxylation is 1. The summed E-state index contributed by atoms with van der Waals surface area (Å²) in [6.07, 6.45) is -2.70. The summed E-state index contributed by atoms with van der Waals surface area (Å²) in [6.45, 7) is 4.84. The number of halogens is 3. The van der Waals surface area contributed by atoms with Crippen molar-refractivity contribution in [1.82, 2.24) is 19.3 Å². The van der Waals surface area contributed by atoms with Crippen LogP contribution in [-0.4, -0.2) is 36.5 Å². The van der Waals surface area contributed by atoms with Crippen molar-refractivity contribution in [2.24, 2.45) is 0 Å². The summed E-state index contributed by atoms with van der Waals surface area (Å²) in [5.41, 5.74) is -0.638. The van der Waals surface area contributed by atoms with Crippen LogP contribution >= 0.6 is 11.5 Å². The van der Waals surface area contributed by atoms with Gasteiger partial charge in [-0.2, -0.15) is 22.5 Å². The van der Waals surface area contributed by atoms with Crippen molar-refractivity contribution in [3.63, 3.8) is 0 Å². The van der Waals surface area contributed by atoms with Gasteiger partial charge in [-0.05, 0) is 38.5 Å². The highest BCUT2D eigenvalue weighted by Crippen LogP contribution is 2.38. The van der Waals surface area contributed by atoms with E-state index in [4.69, 9.17) is 4.74 Å². The summed E-state index contributed by atoms with van der Waals surface area (Å²) in [5.74, 6) is -1.56. The molecule has 2 N–H and O–H groups in total. The number of hydrogen-bond acceptors (Lipinski definition) is 8. The molecule has 0 atom stereocenters. The van der Waals surface area contributed by atoms with Crippen LogP contribution in [0.15, 0.2) is 24.5 Å². The van der Waals surface area contributed by atoms with Gasteiger partial charge in [0.1, 0.15) is 28.4 Å². The lowest BCUT2D eigenvalue weighted by atomic mass is 10.1. The fourth-order valence-electron chi connectivity index (χ4n) is 2.54. The Balaban J connectivity index is 1.94. The van der Waals surface area contributed by atoms with Crippen LogP contribution in [0.5, 0.6) is 5.75 Å². The van der Waals surface area contributed by atoms with Crippen LogP contribution in [0.2, 0.25) is 0 Å². The molecule has 3 heterocycles. The third-order valence-electron chi connectivity index (χ3n) is 3.79. The number of carboxylic acids is 1. The molecule has 0 unspecified atom stereocenters. The van der Waals surface area contributed by atoms with Gasteiger partial charge in [-0.3, -0.25) is 0 Å². The number of aromatic nitrogens is 4. The van der Waals surface area contributed by atoms with Crippen LogP contribution in [0, 0.1) is 6.92 Å². The van der Waals surface area contributed by atoms with Gasteiger partial charge >= 0.3 is 12.1 Å². The Morgan fingerprint density at radius 3 is 2.67 bits per heavy atom. The predicted molar refractivity (Wildman–Crippen MR) is 103 cm³/mol. The number of carboxylic acid groups (broad SMARTS) is 1. The van der Waals surface area contributed by atoms with Crippen molar-refractivity contribution >= 4 is 28.5 Å². The second kappa shape index (κ2) is 8.22. The molecule has 0 aliphatic carbocycles. The van der Waals surface area contributed by atoms with Crippen LogP contribution < -0.4 is 10.1 Å². The molecule has 3 aromatic rings. The summed E-state index contributed by atoms with van der Waals surface area (Å²) in [5, 5.41) is 12.3. The third kappa shape index (κ3) is 4.64. The molecule has 30 heavy (non-hydrogen) atoms. The maximum absolute atomic E-state index is 13.4. The molecule has 0 bridgehead atoms. The van der Waals surface area contributed by atoms with E-state index >= 15 is 0 Å². The van der Waals surface area contributed by atoms with Crippen LogP contribution in [0.3, 0.4) is 0 Å². The Hall–Kier alpha value is -3.28. The van der Waals surface area contributed by atoms with Crippen LogP contribution in [0.1, 0.15) is 35.3 Å². The molecule has 3 aromatic heterocycles. The number of hydrogen-bond donors (Lipinski definition) is 2. The Labute approximate surface area is 173 Å². The zero-order valence-corrected chi connectivity index (χ0v) is 16.8. The van der Waals surface area contributed by atoms with Crippen molar-refractivity contribution in [2.75, 3.05) is 5.32 Å². The number of rotatable bonds is 6. The molecule has 158 valence electrons. The van der Waals surface area contributed by atoms with Gasteiger partial charge in [0.25, 0.3) is 0 Å². The largest absolute Gasteiger partial charge is 0.489 e. The minimum absolute atomic E-state index is 0.0399. The molecule has 0 amide bonds. The Morgan fingerprint density at radius 1 is 1.30 bits per heavy atom. The Bertz CT molecular complexity index is 1090. The van der Waals surface area contributed by atoms with Gasteiger partial charge < -0.3 is 15.2 Å². The standard InChI is InChI=1S/C18H16F3N5O3S/c1-8(2)29-12-7-23-11(6-10(12)18(19,20)21)14-24-17(30-26-14)25-15-13(16(27)28)9(3)4-5-22-15/h4-8H,1-3H3,(H,27,28)(H,22,24,25,26). The molecule has 0 aromatic carbocycles. The SMILES string of the molecule is Cc1ccnc(Nc2nc(-c3cc(C(F)(F)F)c(OC(C)C)cn3)ns2)c1C(=O)O. The number of anilines is 2. The maximum Gasteiger partial charge on any atom is 0.420 e. The van der Waals surface area contributed by atoms with Gasteiger partial charge in [-0.25, -0.2) is 14.8 Å². The first-order valence-electron chi connectivity index (χ1n) is 8.60. The summed E-state index contributed by atoms with van der Waals surface area (Å²) < 4.78 is 49.5. The molecular formula is C18H16F3N5O3S. The van der Waals surface area contributed by atoms with E-state index in [1.54, 1.807) is 26.8 Å². The van der Waals surface area contributed by atoms with Crippen LogP contribution in [-0.2, 0) is 6.18 Å². The topological polar surface area (TPSA) is 110 Å². The molecule has 0 aliphatic rings. The normalized spacial score (nSPS) is 11.6. The van der Waals surface area contributed by atoms with E-state index in [0.29, 0.717) is 5.56 Å². The van der Waals surface area contributed by atoms with Crippen molar-refractivity contribution in [3.8, 4) is 17.3 Å².